The fraction of sp³-hybridized carbons (Fsp3) is 0.556. The summed E-state index contributed by atoms with van der Waals surface area (Å²) in [7, 11) is 0. The Kier molecular flexibility index (Phi) is 3.22. The molecule has 1 aromatic rings. The van der Waals surface area contributed by atoms with Gasteiger partial charge in [0.05, 0.1) is 12.8 Å². The summed E-state index contributed by atoms with van der Waals surface area (Å²) < 4.78 is 5.81. The molecule has 1 aliphatic rings. The standard InChI is InChI=1S/C9H12N2O7/c12-2-4-5(14)6(15)8(18-4)11-1-3(13)7(16)10-9(11)17/h1,4-6,8,12-15H,2H2,(H,10,16,17)/t4-,5+,6+,8+/m0/s1. The van der Waals surface area contributed by atoms with Crippen molar-refractivity contribution in [3.8, 4) is 5.75 Å². The summed E-state index contributed by atoms with van der Waals surface area (Å²) in [6.07, 6.45) is -4.40. The van der Waals surface area contributed by atoms with Crippen molar-refractivity contribution < 1.29 is 25.2 Å². The van der Waals surface area contributed by atoms with E-state index in [2.05, 4.69) is 0 Å². The third-order valence-corrected chi connectivity index (χ3v) is 2.74. The van der Waals surface area contributed by atoms with Gasteiger partial charge in [-0.05, 0) is 0 Å². The third kappa shape index (κ3) is 1.93. The first-order chi connectivity index (χ1) is 8.45. The number of hydrogen-bond acceptors (Lipinski definition) is 7. The Morgan fingerprint density at radius 1 is 1.33 bits per heavy atom. The van der Waals surface area contributed by atoms with E-state index in [0.29, 0.717) is 0 Å². The molecule has 0 bridgehead atoms. The molecule has 1 aromatic heterocycles. The zero-order valence-corrected chi connectivity index (χ0v) is 9.05. The molecule has 0 radical (unpaired) electrons. The lowest BCUT2D eigenvalue weighted by atomic mass is 10.1. The molecule has 5 N–H and O–H groups in total. The lowest BCUT2D eigenvalue weighted by Crippen LogP contribution is -2.37. The molecule has 100 valence electrons. The van der Waals surface area contributed by atoms with Gasteiger partial charge in [0.1, 0.15) is 18.3 Å². The van der Waals surface area contributed by atoms with E-state index in [1.54, 1.807) is 0 Å². The molecule has 4 atom stereocenters. The average Bonchev–Trinajstić information content (AvgIpc) is 2.61. The van der Waals surface area contributed by atoms with Crippen LogP contribution < -0.4 is 11.2 Å². The van der Waals surface area contributed by atoms with E-state index in [9.17, 15) is 24.9 Å². The molecule has 2 rings (SSSR count). The molecule has 0 amide bonds. The van der Waals surface area contributed by atoms with Crippen LogP contribution in [0.5, 0.6) is 5.75 Å². The molecule has 2 heterocycles. The second-order valence-electron chi connectivity index (χ2n) is 3.91. The smallest absolute Gasteiger partial charge is 0.330 e. The summed E-state index contributed by atoms with van der Waals surface area (Å²) in [6.45, 7) is -0.543. The van der Waals surface area contributed by atoms with E-state index >= 15 is 0 Å². The highest BCUT2D eigenvalue weighted by atomic mass is 16.6. The lowest BCUT2D eigenvalue weighted by molar-refractivity contribution is -0.0552. The highest BCUT2D eigenvalue weighted by Crippen LogP contribution is 2.28. The van der Waals surface area contributed by atoms with Gasteiger partial charge in [-0.2, -0.15) is 0 Å². The van der Waals surface area contributed by atoms with Crippen molar-refractivity contribution in [1.29, 1.82) is 0 Å². The van der Waals surface area contributed by atoms with Gasteiger partial charge in [0.25, 0.3) is 5.56 Å². The number of aliphatic hydroxyl groups excluding tert-OH is 3. The summed E-state index contributed by atoms with van der Waals surface area (Å²) in [5.74, 6) is -0.729. The lowest BCUT2D eigenvalue weighted by Gasteiger charge is -2.16. The van der Waals surface area contributed by atoms with Crippen LogP contribution in [0.15, 0.2) is 15.8 Å². The second-order valence-corrected chi connectivity index (χ2v) is 3.91. The third-order valence-electron chi connectivity index (χ3n) is 2.74. The predicted octanol–water partition coefficient (Wildman–Crippen LogP) is -3.15. The van der Waals surface area contributed by atoms with Gasteiger partial charge in [0.2, 0.25) is 0 Å². The first kappa shape index (κ1) is 12.8. The van der Waals surface area contributed by atoms with Crippen LogP contribution in [0.4, 0.5) is 0 Å². The molecule has 0 unspecified atom stereocenters. The van der Waals surface area contributed by atoms with Gasteiger partial charge in [-0.25, -0.2) is 4.79 Å². The maximum atomic E-state index is 11.5. The fourth-order valence-corrected chi connectivity index (χ4v) is 1.77. The van der Waals surface area contributed by atoms with Crippen molar-refractivity contribution in [2.24, 2.45) is 0 Å². The zero-order valence-electron chi connectivity index (χ0n) is 9.05. The molecule has 9 heteroatoms. The number of aromatic amines is 1. The van der Waals surface area contributed by atoms with Crippen LogP contribution in [0.1, 0.15) is 6.23 Å². The van der Waals surface area contributed by atoms with E-state index in [4.69, 9.17) is 9.84 Å². The van der Waals surface area contributed by atoms with Crippen molar-refractivity contribution in [2.45, 2.75) is 24.5 Å². The van der Waals surface area contributed by atoms with Crippen molar-refractivity contribution in [3.63, 3.8) is 0 Å². The summed E-state index contributed by atoms with van der Waals surface area (Å²) in [4.78, 5) is 24.3. The molecule has 1 aliphatic heterocycles. The van der Waals surface area contributed by atoms with Crippen LogP contribution in [0, 0.1) is 0 Å². The van der Waals surface area contributed by atoms with Crippen LogP contribution in [-0.2, 0) is 4.74 Å². The first-order valence-corrected chi connectivity index (χ1v) is 5.12. The van der Waals surface area contributed by atoms with E-state index in [0.717, 1.165) is 10.8 Å². The summed E-state index contributed by atoms with van der Waals surface area (Å²) in [6, 6.07) is 0. The number of aromatic hydroxyl groups is 1. The molecule has 1 fully saturated rings. The molecule has 1 saturated heterocycles. The number of nitrogens with one attached hydrogen (secondary N) is 1. The van der Waals surface area contributed by atoms with Crippen LogP contribution in [0.25, 0.3) is 0 Å². The Hall–Kier alpha value is -1.68. The average molecular weight is 260 g/mol. The summed E-state index contributed by atoms with van der Waals surface area (Å²) in [5, 5.41) is 37.3. The van der Waals surface area contributed by atoms with Crippen LogP contribution in [0.3, 0.4) is 0 Å². The topological polar surface area (TPSA) is 145 Å². The molecule has 9 nitrogen and oxygen atoms in total. The second kappa shape index (κ2) is 4.53. The van der Waals surface area contributed by atoms with Gasteiger partial charge < -0.3 is 25.2 Å². The molecule has 0 aromatic carbocycles. The minimum atomic E-state index is -1.47. The van der Waals surface area contributed by atoms with Gasteiger partial charge in [-0.1, -0.05) is 0 Å². The van der Waals surface area contributed by atoms with Crippen LogP contribution >= 0.6 is 0 Å². The highest BCUT2D eigenvalue weighted by Gasteiger charge is 2.43. The molecule has 0 spiro atoms. The predicted molar refractivity (Wildman–Crippen MR) is 56.0 cm³/mol. The number of rotatable bonds is 2. The molecule has 0 saturated carbocycles. The van der Waals surface area contributed by atoms with Gasteiger partial charge in [-0.15, -0.1) is 0 Å². The Labute approximate surface area is 99.5 Å². The maximum absolute atomic E-state index is 11.5. The van der Waals surface area contributed by atoms with Gasteiger partial charge >= 0.3 is 5.69 Å². The number of ether oxygens (including phenoxy) is 1. The maximum Gasteiger partial charge on any atom is 0.330 e. The molecule has 18 heavy (non-hydrogen) atoms. The number of aromatic nitrogens is 2. The van der Waals surface area contributed by atoms with Crippen molar-refractivity contribution >= 4 is 0 Å². The van der Waals surface area contributed by atoms with Crippen LogP contribution in [0.2, 0.25) is 0 Å². The van der Waals surface area contributed by atoms with E-state index in [1.807, 2.05) is 4.98 Å². The van der Waals surface area contributed by atoms with Gasteiger partial charge in [0, 0.05) is 0 Å². The van der Waals surface area contributed by atoms with E-state index in [-0.39, 0.29) is 0 Å². The highest BCUT2D eigenvalue weighted by molar-refractivity contribution is 5.10. The van der Waals surface area contributed by atoms with Crippen molar-refractivity contribution in [2.75, 3.05) is 6.61 Å². The Bertz CT molecular complexity index is 551. The Morgan fingerprint density at radius 2 is 2.00 bits per heavy atom. The van der Waals surface area contributed by atoms with Gasteiger partial charge in [-0.3, -0.25) is 14.3 Å². The monoisotopic (exact) mass is 260 g/mol. The zero-order chi connectivity index (χ0) is 13.4. The van der Waals surface area contributed by atoms with Crippen molar-refractivity contribution in [3.05, 3.63) is 27.0 Å². The quantitative estimate of drug-likeness (QED) is 0.377. The fourth-order valence-electron chi connectivity index (χ4n) is 1.77. The Balaban J connectivity index is 2.42. The van der Waals surface area contributed by atoms with Crippen molar-refractivity contribution in [1.82, 2.24) is 9.55 Å². The summed E-state index contributed by atoms with van der Waals surface area (Å²) >= 11 is 0. The summed E-state index contributed by atoms with van der Waals surface area (Å²) in [5.41, 5.74) is -1.88. The molecule has 0 aliphatic carbocycles. The first-order valence-electron chi connectivity index (χ1n) is 5.12. The normalized spacial score (nSPS) is 31.7. The Morgan fingerprint density at radius 3 is 2.56 bits per heavy atom. The van der Waals surface area contributed by atoms with Crippen LogP contribution in [-0.4, -0.2) is 54.9 Å². The minimum absolute atomic E-state index is 0.543. The number of aliphatic hydroxyl groups is 3. The minimum Gasteiger partial charge on any atom is -0.502 e. The molecular weight excluding hydrogens is 248 g/mol. The number of H-pyrrole nitrogens is 1. The van der Waals surface area contributed by atoms with E-state index < -0.39 is 48.1 Å². The SMILES string of the molecule is O=c1[nH]c(=O)n([C@@H]2O[C@@H](CO)[C@@H](O)[C@H]2O)cc1O. The molecular formula is C9H12N2O7. The van der Waals surface area contributed by atoms with E-state index in [1.165, 1.54) is 0 Å². The number of nitrogens with zero attached hydrogens (tertiary/aromatic N) is 1. The van der Waals surface area contributed by atoms with Gasteiger partial charge in [0.15, 0.2) is 12.0 Å². The largest absolute Gasteiger partial charge is 0.502 e. The number of hydrogen-bond donors (Lipinski definition) is 5.